The van der Waals surface area contributed by atoms with Gasteiger partial charge < -0.3 is 20.1 Å². The molecule has 0 aliphatic carbocycles. The predicted molar refractivity (Wildman–Crippen MR) is 91.4 cm³/mol. The lowest BCUT2D eigenvalue weighted by atomic mass is 10.1. The van der Waals surface area contributed by atoms with E-state index in [1.54, 1.807) is 14.2 Å². The maximum absolute atomic E-state index is 5.42. The maximum atomic E-state index is 5.42. The second kappa shape index (κ2) is 13.1. The van der Waals surface area contributed by atoms with E-state index >= 15 is 0 Å². The monoisotopic (exact) mass is 307 g/mol. The average Bonchev–Trinajstić information content (AvgIpc) is 2.56. The smallest absolute Gasteiger partial charge is 0.190 e. The molecule has 0 fully saturated rings. The summed E-state index contributed by atoms with van der Waals surface area (Å²) in [6, 6.07) is 10.5. The fourth-order valence-electron chi connectivity index (χ4n) is 1.97. The molecular weight excluding hydrogens is 278 g/mol. The van der Waals surface area contributed by atoms with Crippen LogP contribution in [-0.4, -0.2) is 53.0 Å². The largest absolute Gasteiger partial charge is 0.382 e. The highest BCUT2D eigenvalue weighted by Gasteiger charge is 1.97. The van der Waals surface area contributed by atoms with Crippen LogP contribution in [-0.2, 0) is 15.9 Å². The molecule has 0 spiro atoms. The molecule has 0 saturated heterocycles. The summed E-state index contributed by atoms with van der Waals surface area (Å²) in [5.74, 6) is 0.858. The van der Waals surface area contributed by atoms with Gasteiger partial charge in [-0.2, -0.15) is 0 Å². The van der Waals surface area contributed by atoms with Crippen molar-refractivity contribution in [2.75, 3.05) is 47.1 Å². The third kappa shape index (κ3) is 9.37. The van der Waals surface area contributed by atoms with Crippen molar-refractivity contribution in [3.8, 4) is 0 Å². The average molecular weight is 307 g/mol. The van der Waals surface area contributed by atoms with Crippen molar-refractivity contribution in [2.24, 2.45) is 4.99 Å². The highest BCUT2D eigenvalue weighted by Crippen LogP contribution is 1.98. The predicted octanol–water partition coefficient (Wildman–Crippen LogP) is 1.84. The van der Waals surface area contributed by atoms with Crippen molar-refractivity contribution in [3.63, 3.8) is 0 Å². The SMILES string of the molecule is CN=C(NCCCCOCCOC)NCCc1ccccc1. The Morgan fingerprint density at radius 3 is 2.50 bits per heavy atom. The Bertz CT molecular complexity index is 396. The van der Waals surface area contributed by atoms with E-state index in [0.29, 0.717) is 13.2 Å². The number of ether oxygens (including phenoxy) is 2. The number of nitrogens with one attached hydrogen (secondary N) is 2. The van der Waals surface area contributed by atoms with Crippen molar-refractivity contribution < 1.29 is 9.47 Å². The molecule has 0 aromatic heterocycles. The summed E-state index contributed by atoms with van der Waals surface area (Å²) in [6.45, 7) is 3.90. The van der Waals surface area contributed by atoms with Gasteiger partial charge in [-0.05, 0) is 24.8 Å². The van der Waals surface area contributed by atoms with Crippen LogP contribution in [0.2, 0.25) is 0 Å². The molecule has 1 aromatic carbocycles. The molecule has 0 heterocycles. The molecule has 0 atom stereocenters. The molecule has 2 N–H and O–H groups in total. The van der Waals surface area contributed by atoms with Gasteiger partial charge in [-0.25, -0.2) is 0 Å². The van der Waals surface area contributed by atoms with E-state index < -0.39 is 0 Å². The molecule has 5 heteroatoms. The zero-order valence-corrected chi connectivity index (χ0v) is 13.8. The van der Waals surface area contributed by atoms with Crippen LogP contribution < -0.4 is 10.6 Å². The second-order valence-electron chi connectivity index (χ2n) is 4.97. The molecule has 22 heavy (non-hydrogen) atoms. The summed E-state index contributed by atoms with van der Waals surface area (Å²) >= 11 is 0. The Morgan fingerprint density at radius 1 is 1.00 bits per heavy atom. The molecule has 0 unspecified atom stereocenters. The number of aliphatic imine (C=N–C) groups is 1. The normalized spacial score (nSPS) is 11.5. The third-order valence-electron chi connectivity index (χ3n) is 3.21. The zero-order chi connectivity index (χ0) is 15.9. The van der Waals surface area contributed by atoms with Crippen molar-refractivity contribution >= 4 is 5.96 Å². The Morgan fingerprint density at radius 2 is 1.77 bits per heavy atom. The van der Waals surface area contributed by atoms with Gasteiger partial charge in [0, 0.05) is 33.9 Å². The van der Waals surface area contributed by atoms with E-state index in [4.69, 9.17) is 9.47 Å². The lowest BCUT2D eigenvalue weighted by molar-refractivity contribution is 0.0689. The summed E-state index contributed by atoms with van der Waals surface area (Å²) in [4.78, 5) is 4.22. The first kappa shape index (κ1) is 18.5. The van der Waals surface area contributed by atoms with Gasteiger partial charge >= 0.3 is 0 Å². The summed E-state index contributed by atoms with van der Waals surface area (Å²) in [7, 11) is 3.48. The number of rotatable bonds is 11. The summed E-state index contributed by atoms with van der Waals surface area (Å²) in [5, 5.41) is 6.64. The molecule has 5 nitrogen and oxygen atoms in total. The van der Waals surface area contributed by atoms with Crippen LogP contribution in [0.3, 0.4) is 0 Å². The Hall–Kier alpha value is -1.59. The van der Waals surface area contributed by atoms with Crippen molar-refractivity contribution in [2.45, 2.75) is 19.3 Å². The standard InChI is InChI=1S/C17H29N3O2/c1-18-17(19-11-6-7-13-22-15-14-21-2)20-12-10-16-8-4-3-5-9-16/h3-5,8-9H,6-7,10-15H2,1-2H3,(H2,18,19,20). The lowest BCUT2D eigenvalue weighted by Gasteiger charge is -2.12. The van der Waals surface area contributed by atoms with Crippen LogP contribution >= 0.6 is 0 Å². The third-order valence-corrected chi connectivity index (χ3v) is 3.21. The van der Waals surface area contributed by atoms with E-state index in [1.807, 2.05) is 6.07 Å². The zero-order valence-electron chi connectivity index (χ0n) is 13.8. The number of hydrogen-bond donors (Lipinski definition) is 2. The number of guanidine groups is 1. The lowest BCUT2D eigenvalue weighted by Crippen LogP contribution is -2.38. The van der Waals surface area contributed by atoms with E-state index in [-0.39, 0.29) is 0 Å². The molecule has 0 aliphatic rings. The molecule has 1 aromatic rings. The van der Waals surface area contributed by atoms with Gasteiger partial charge in [0.2, 0.25) is 0 Å². The first-order valence-electron chi connectivity index (χ1n) is 7.92. The summed E-state index contributed by atoms with van der Waals surface area (Å²) in [5.41, 5.74) is 1.33. The van der Waals surface area contributed by atoms with Crippen LogP contribution in [0, 0.1) is 0 Å². The fourth-order valence-corrected chi connectivity index (χ4v) is 1.97. The highest BCUT2D eigenvalue weighted by atomic mass is 16.5. The van der Waals surface area contributed by atoms with Gasteiger partial charge in [-0.1, -0.05) is 30.3 Å². The van der Waals surface area contributed by atoms with Crippen LogP contribution in [0.5, 0.6) is 0 Å². The minimum absolute atomic E-state index is 0.663. The van der Waals surface area contributed by atoms with Crippen LogP contribution in [0.4, 0.5) is 0 Å². The molecule has 0 bridgehead atoms. The Balaban J connectivity index is 2.01. The molecular formula is C17H29N3O2. The molecule has 0 amide bonds. The molecule has 0 aliphatic heterocycles. The van der Waals surface area contributed by atoms with Gasteiger partial charge in [0.1, 0.15) is 0 Å². The van der Waals surface area contributed by atoms with Gasteiger partial charge in [-0.3, -0.25) is 4.99 Å². The van der Waals surface area contributed by atoms with Crippen molar-refractivity contribution in [3.05, 3.63) is 35.9 Å². The first-order valence-corrected chi connectivity index (χ1v) is 7.92. The topological polar surface area (TPSA) is 54.9 Å². The van der Waals surface area contributed by atoms with Gasteiger partial charge in [0.25, 0.3) is 0 Å². The number of hydrogen-bond acceptors (Lipinski definition) is 3. The fraction of sp³-hybridized carbons (Fsp3) is 0.588. The Kier molecular flexibility index (Phi) is 11.0. The minimum atomic E-state index is 0.663. The molecule has 0 saturated carbocycles. The molecule has 124 valence electrons. The van der Waals surface area contributed by atoms with Crippen molar-refractivity contribution in [1.82, 2.24) is 10.6 Å². The van der Waals surface area contributed by atoms with E-state index in [9.17, 15) is 0 Å². The van der Waals surface area contributed by atoms with Gasteiger partial charge in [0.05, 0.1) is 13.2 Å². The Labute approximate surface area is 134 Å². The minimum Gasteiger partial charge on any atom is -0.382 e. The maximum Gasteiger partial charge on any atom is 0.190 e. The van der Waals surface area contributed by atoms with Crippen molar-refractivity contribution in [1.29, 1.82) is 0 Å². The van der Waals surface area contributed by atoms with Crippen LogP contribution in [0.1, 0.15) is 18.4 Å². The first-order chi connectivity index (χ1) is 10.9. The van der Waals surface area contributed by atoms with Gasteiger partial charge in [-0.15, -0.1) is 0 Å². The summed E-state index contributed by atoms with van der Waals surface area (Å²) < 4.78 is 10.3. The second-order valence-corrected chi connectivity index (χ2v) is 4.97. The number of unbranched alkanes of at least 4 members (excludes halogenated alkanes) is 1. The van der Waals surface area contributed by atoms with E-state index in [1.165, 1.54) is 5.56 Å². The van der Waals surface area contributed by atoms with Gasteiger partial charge in [0.15, 0.2) is 5.96 Å². The summed E-state index contributed by atoms with van der Waals surface area (Å²) in [6.07, 6.45) is 3.10. The molecule has 0 radical (unpaired) electrons. The highest BCUT2D eigenvalue weighted by molar-refractivity contribution is 5.79. The quantitative estimate of drug-likeness (QED) is 0.372. The number of nitrogens with zero attached hydrogens (tertiary/aromatic N) is 1. The van der Waals surface area contributed by atoms with E-state index in [0.717, 1.165) is 44.9 Å². The molecule has 1 rings (SSSR count). The number of methoxy groups -OCH3 is 1. The van der Waals surface area contributed by atoms with Crippen LogP contribution in [0.15, 0.2) is 35.3 Å². The number of benzene rings is 1. The van der Waals surface area contributed by atoms with E-state index in [2.05, 4.69) is 39.9 Å². The van der Waals surface area contributed by atoms with Crippen LogP contribution in [0.25, 0.3) is 0 Å².